The van der Waals surface area contributed by atoms with Gasteiger partial charge in [-0.3, -0.25) is 14.4 Å². The van der Waals surface area contributed by atoms with E-state index in [1.807, 2.05) is 31.2 Å². The summed E-state index contributed by atoms with van der Waals surface area (Å²) in [6, 6.07) is 10.2. The maximum Gasteiger partial charge on any atom is 0.274 e. The fourth-order valence-electron chi connectivity index (χ4n) is 4.11. The average Bonchev–Trinajstić information content (AvgIpc) is 2.83. The van der Waals surface area contributed by atoms with Crippen LogP contribution in [0.2, 0.25) is 0 Å². The zero-order valence-electron chi connectivity index (χ0n) is 18.6. The predicted molar refractivity (Wildman–Crippen MR) is 121 cm³/mol. The van der Waals surface area contributed by atoms with E-state index in [0.717, 1.165) is 17.2 Å². The van der Waals surface area contributed by atoms with Gasteiger partial charge in [0.05, 0.1) is 0 Å². The van der Waals surface area contributed by atoms with E-state index >= 15 is 0 Å². The number of benzene rings is 2. The number of amides is 2. The molecule has 0 aliphatic carbocycles. The molecule has 2 aromatic carbocycles. The van der Waals surface area contributed by atoms with Crippen molar-refractivity contribution in [3.05, 3.63) is 98.5 Å². The van der Waals surface area contributed by atoms with Crippen molar-refractivity contribution < 1.29 is 23.5 Å². The highest BCUT2D eigenvalue weighted by atomic mass is 19.1. The van der Waals surface area contributed by atoms with Gasteiger partial charge in [0.25, 0.3) is 11.8 Å². The Hall–Kier alpha value is -4.01. The average molecular weight is 467 g/mol. The maximum absolute atomic E-state index is 13.9. The molecule has 0 radical (unpaired) electrons. The van der Waals surface area contributed by atoms with E-state index in [1.165, 1.54) is 21.7 Å². The lowest BCUT2D eigenvalue weighted by atomic mass is 10.0. The van der Waals surface area contributed by atoms with Gasteiger partial charge in [-0.05, 0) is 30.5 Å². The summed E-state index contributed by atoms with van der Waals surface area (Å²) in [6.45, 7) is 1.82. The molecule has 1 aliphatic rings. The molecule has 1 aliphatic heterocycles. The topological polar surface area (TPSA) is 91.6 Å². The molecule has 1 atom stereocenters. The van der Waals surface area contributed by atoms with Crippen LogP contribution in [0.4, 0.5) is 8.78 Å². The van der Waals surface area contributed by atoms with E-state index in [2.05, 4.69) is 5.32 Å². The Morgan fingerprint density at radius 1 is 1.15 bits per heavy atom. The third-order valence-corrected chi connectivity index (χ3v) is 5.97. The second-order valence-electron chi connectivity index (χ2n) is 8.38. The molecular formula is C25H23F2N3O4. The van der Waals surface area contributed by atoms with Crippen LogP contribution in [0.25, 0.3) is 0 Å². The maximum atomic E-state index is 13.9. The van der Waals surface area contributed by atoms with Crippen LogP contribution in [-0.4, -0.2) is 33.4 Å². The molecule has 4 rings (SSSR count). The molecular weight excluding hydrogens is 444 g/mol. The standard InChI is InChI=1S/C25H23F2N3O4/c1-14-9-15-5-3-4-6-17(15)12-29(2)25(34)21-23(32)22(31)19(13-30(14)21)24(33)28-11-16-7-8-18(26)10-20(16)27/h3-8,10,13-14,32H,9,11-12H2,1-2H3,(H,28,33)/t14-/m1/s1. The minimum atomic E-state index is -1.01. The number of carbonyl (C=O) groups is 2. The molecule has 0 unspecified atom stereocenters. The molecule has 7 nitrogen and oxygen atoms in total. The smallest absolute Gasteiger partial charge is 0.274 e. The zero-order valence-corrected chi connectivity index (χ0v) is 18.6. The van der Waals surface area contributed by atoms with E-state index in [1.54, 1.807) is 7.05 Å². The first kappa shape index (κ1) is 23.2. The quantitative estimate of drug-likeness (QED) is 0.619. The van der Waals surface area contributed by atoms with Crippen molar-refractivity contribution in [2.75, 3.05) is 7.05 Å². The minimum absolute atomic E-state index is 0.0311. The number of hydrogen-bond acceptors (Lipinski definition) is 4. The van der Waals surface area contributed by atoms with Crippen LogP contribution in [-0.2, 0) is 19.5 Å². The Bertz CT molecular complexity index is 1350. The monoisotopic (exact) mass is 467 g/mol. The van der Waals surface area contributed by atoms with E-state index in [4.69, 9.17) is 0 Å². The van der Waals surface area contributed by atoms with Crippen LogP contribution < -0.4 is 10.7 Å². The van der Waals surface area contributed by atoms with Crippen molar-refractivity contribution in [3.63, 3.8) is 0 Å². The lowest BCUT2D eigenvalue weighted by molar-refractivity contribution is 0.0767. The van der Waals surface area contributed by atoms with Gasteiger partial charge in [0.1, 0.15) is 17.2 Å². The number of nitrogens with one attached hydrogen (secondary N) is 1. The summed E-state index contributed by atoms with van der Waals surface area (Å²) in [5, 5.41) is 13.1. The predicted octanol–water partition coefficient (Wildman–Crippen LogP) is 3.15. The zero-order chi connectivity index (χ0) is 24.6. The van der Waals surface area contributed by atoms with Crippen LogP contribution in [0, 0.1) is 11.6 Å². The second-order valence-corrected chi connectivity index (χ2v) is 8.38. The molecule has 0 saturated carbocycles. The minimum Gasteiger partial charge on any atom is -0.503 e. The van der Waals surface area contributed by atoms with Gasteiger partial charge in [-0.2, -0.15) is 0 Å². The Balaban J connectivity index is 1.73. The number of nitrogens with zero attached hydrogens (tertiary/aromatic N) is 2. The SMILES string of the molecule is C[C@@H]1Cc2ccccc2CN(C)C(=O)c2c(O)c(=O)c(C(=O)NCc3ccc(F)cc3F)cn21. The molecule has 2 heterocycles. The first-order valence-electron chi connectivity index (χ1n) is 10.7. The van der Waals surface area contributed by atoms with Gasteiger partial charge in [-0.15, -0.1) is 0 Å². The van der Waals surface area contributed by atoms with Crippen molar-refractivity contribution >= 4 is 11.8 Å². The van der Waals surface area contributed by atoms with Crippen molar-refractivity contribution in [2.45, 2.75) is 32.5 Å². The van der Waals surface area contributed by atoms with Crippen LogP contribution in [0.3, 0.4) is 0 Å². The molecule has 0 saturated heterocycles. The van der Waals surface area contributed by atoms with Gasteiger partial charge in [-0.1, -0.05) is 30.3 Å². The number of fused-ring (bicyclic) bond motifs is 2. The van der Waals surface area contributed by atoms with Crippen LogP contribution in [0.1, 0.15) is 50.5 Å². The molecule has 2 amide bonds. The number of carbonyl (C=O) groups excluding carboxylic acids is 2. The van der Waals surface area contributed by atoms with Crippen LogP contribution in [0.5, 0.6) is 5.75 Å². The molecule has 176 valence electrons. The van der Waals surface area contributed by atoms with Gasteiger partial charge in [0.15, 0.2) is 11.4 Å². The van der Waals surface area contributed by atoms with Crippen molar-refractivity contribution in [1.82, 2.24) is 14.8 Å². The van der Waals surface area contributed by atoms with Crippen LogP contribution >= 0.6 is 0 Å². The number of rotatable bonds is 3. The summed E-state index contributed by atoms with van der Waals surface area (Å²) in [5.74, 6) is -3.82. The fourth-order valence-corrected chi connectivity index (χ4v) is 4.11. The highest BCUT2D eigenvalue weighted by molar-refractivity contribution is 5.98. The Morgan fingerprint density at radius 2 is 1.85 bits per heavy atom. The summed E-state index contributed by atoms with van der Waals surface area (Å²) in [6.07, 6.45) is 1.74. The summed E-state index contributed by atoms with van der Waals surface area (Å²) in [5.41, 5.74) is 0.378. The third-order valence-electron chi connectivity index (χ3n) is 5.97. The van der Waals surface area contributed by atoms with E-state index in [-0.39, 0.29) is 23.8 Å². The van der Waals surface area contributed by atoms with Crippen molar-refractivity contribution in [2.24, 2.45) is 0 Å². The lowest BCUT2D eigenvalue weighted by Crippen LogP contribution is -2.34. The molecule has 0 fully saturated rings. The van der Waals surface area contributed by atoms with Crippen molar-refractivity contribution in [1.29, 1.82) is 0 Å². The molecule has 34 heavy (non-hydrogen) atoms. The second kappa shape index (κ2) is 9.09. The van der Waals surface area contributed by atoms with Gasteiger partial charge < -0.3 is 19.9 Å². The molecule has 0 bridgehead atoms. The summed E-state index contributed by atoms with van der Waals surface area (Å²) >= 11 is 0. The highest BCUT2D eigenvalue weighted by Crippen LogP contribution is 2.27. The molecule has 0 spiro atoms. The molecule has 9 heteroatoms. The Morgan fingerprint density at radius 3 is 2.56 bits per heavy atom. The Kier molecular flexibility index (Phi) is 6.19. The largest absolute Gasteiger partial charge is 0.503 e. The Labute approximate surface area is 194 Å². The number of pyridine rings is 1. The first-order valence-corrected chi connectivity index (χ1v) is 10.7. The summed E-state index contributed by atoms with van der Waals surface area (Å²) < 4.78 is 28.5. The molecule has 3 aromatic rings. The van der Waals surface area contributed by atoms with Gasteiger partial charge >= 0.3 is 0 Å². The lowest BCUT2D eigenvalue weighted by Gasteiger charge is -2.23. The molecule has 1 aromatic heterocycles. The third kappa shape index (κ3) is 4.28. The fraction of sp³-hybridized carbons (Fsp3) is 0.240. The number of aromatic hydroxyl groups is 1. The van der Waals surface area contributed by atoms with E-state index in [0.29, 0.717) is 19.0 Å². The van der Waals surface area contributed by atoms with E-state index < -0.39 is 40.2 Å². The van der Waals surface area contributed by atoms with Crippen molar-refractivity contribution in [3.8, 4) is 5.75 Å². The number of halogens is 2. The van der Waals surface area contributed by atoms with Crippen LogP contribution in [0.15, 0.2) is 53.5 Å². The molecule has 2 N–H and O–H groups in total. The highest BCUT2D eigenvalue weighted by Gasteiger charge is 2.29. The number of hydrogen-bond donors (Lipinski definition) is 2. The first-order chi connectivity index (χ1) is 16.2. The van der Waals surface area contributed by atoms with E-state index in [9.17, 15) is 28.3 Å². The van der Waals surface area contributed by atoms with Gasteiger partial charge in [0.2, 0.25) is 5.43 Å². The summed E-state index contributed by atoms with van der Waals surface area (Å²) in [4.78, 5) is 40.2. The normalized spacial score (nSPS) is 15.6. The van der Waals surface area contributed by atoms with Gasteiger partial charge in [0, 0.05) is 44.0 Å². The number of aromatic nitrogens is 1. The van der Waals surface area contributed by atoms with Gasteiger partial charge in [-0.25, -0.2) is 8.78 Å². The summed E-state index contributed by atoms with van der Waals surface area (Å²) in [7, 11) is 1.57.